The number of aliphatic carboxylic acids is 1. The van der Waals surface area contributed by atoms with Crippen molar-refractivity contribution in [3.05, 3.63) is 39.7 Å². The van der Waals surface area contributed by atoms with Crippen molar-refractivity contribution in [2.75, 3.05) is 0 Å². The second-order valence-electron chi connectivity index (χ2n) is 6.29. The molecule has 0 fully saturated rings. The summed E-state index contributed by atoms with van der Waals surface area (Å²) in [5, 5.41) is 13.7. The molecule has 0 aliphatic rings. The van der Waals surface area contributed by atoms with E-state index in [2.05, 4.69) is 5.32 Å². The zero-order valence-corrected chi connectivity index (χ0v) is 15.3. The lowest BCUT2D eigenvalue weighted by atomic mass is 10.0. The molecular formula is C19H22NO6-. The Morgan fingerprint density at radius 1 is 1.27 bits per heavy atom. The van der Waals surface area contributed by atoms with E-state index in [0.717, 1.165) is 17.5 Å². The molecule has 1 heterocycles. The molecule has 2 atom stereocenters. The van der Waals surface area contributed by atoms with E-state index in [1.54, 1.807) is 12.1 Å². The molecule has 7 nitrogen and oxygen atoms in total. The summed E-state index contributed by atoms with van der Waals surface area (Å²) in [6.07, 6.45) is 0.540. The van der Waals surface area contributed by atoms with Gasteiger partial charge in [0.2, 0.25) is 0 Å². The Balaban J connectivity index is 2.40. The van der Waals surface area contributed by atoms with Crippen LogP contribution in [0.1, 0.15) is 38.3 Å². The van der Waals surface area contributed by atoms with Crippen molar-refractivity contribution in [2.45, 2.75) is 52.7 Å². The fraction of sp³-hybridized carbons (Fsp3) is 0.421. The maximum Gasteiger partial charge on any atom is 0.336 e. The summed E-state index contributed by atoms with van der Waals surface area (Å²) in [5.41, 5.74) is 1.54. The van der Waals surface area contributed by atoms with E-state index in [1.165, 1.54) is 19.9 Å². The van der Waals surface area contributed by atoms with E-state index in [0.29, 0.717) is 23.1 Å². The standard InChI is InChI=1S/C19H23NO6/c1-5-6-13-9-16(21)26-15-8-10(2)7-14(17(13)15)25-12(4)18(22)20-11(3)19(23)24/h7-9,11-12H,5-6H2,1-4H3,(H,20,22)(H,23,24)/p-1/t11-,12+/m0/s1. The quantitative estimate of drug-likeness (QED) is 0.740. The molecular weight excluding hydrogens is 338 g/mol. The van der Waals surface area contributed by atoms with Gasteiger partial charge in [-0.25, -0.2) is 4.79 Å². The zero-order chi connectivity index (χ0) is 19.4. The Morgan fingerprint density at radius 2 is 1.96 bits per heavy atom. The van der Waals surface area contributed by atoms with Crippen molar-refractivity contribution in [3.63, 3.8) is 0 Å². The molecule has 0 bridgehead atoms. The lowest BCUT2D eigenvalue weighted by Gasteiger charge is -2.20. The number of amides is 1. The van der Waals surface area contributed by atoms with Gasteiger partial charge in [0, 0.05) is 6.07 Å². The zero-order valence-electron chi connectivity index (χ0n) is 15.3. The highest BCUT2D eigenvalue weighted by atomic mass is 16.5. The number of hydrogen-bond donors (Lipinski definition) is 1. The predicted octanol–water partition coefficient (Wildman–Crippen LogP) is 1.08. The van der Waals surface area contributed by atoms with Gasteiger partial charge >= 0.3 is 5.63 Å². The van der Waals surface area contributed by atoms with Crippen LogP contribution in [0.3, 0.4) is 0 Å². The smallest absolute Gasteiger partial charge is 0.336 e. The van der Waals surface area contributed by atoms with Gasteiger partial charge in [-0.15, -0.1) is 0 Å². The summed E-state index contributed by atoms with van der Waals surface area (Å²) in [4.78, 5) is 34.7. The Hall–Kier alpha value is -2.83. The Kier molecular flexibility index (Phi) is 6.02. The van der Waals surface area contributed by atoms with Gasteiger partial charge in [-0.05, 0) is 50.5 Å². The van der Waals surface area contributed by atoms with Crippen LogP contribution in [0.25, 0.3) is 11.0 Å². The number of hydrogen-bond acceptors (Lipinski definition) is 6. The number of ether oxygens (including phenoxy) is 1. The highest BCUT2D eigenvalue weighted by Crippen LogP contribution is 2.31. The van der Waals surface area contributed by atoms with E-state index in [1.807, 2.05) is 13.8 Å². The van der Waals surface area contributed by atoms with Crippen LogP contribution in [0.4, 0.5) is 0 Å². The Morgan fingerprint density at radius 3 is 2.58 bits per heavy atom. The third-order valence-electron chi connectivity index (χ3n) is 3.94. The van der Waals surface area contributed by atoms with Gasteiger partial charge in [-0.1, -0.05) is 13.3 Å². The van der Waals surface area contributed by atoms with Gasteiger partial charge < -0.3 is 24.4 Å². The first-order valence-electron chi connectivity index (χ1n) is 8.48. The third-order valence-corrected chi connectivity index (χ3v) is 3.94. The lowest BCUT2D eigenvalue weighted by Crippen LogP contribution is -2.49. The second-order valence-corrected chi connectivity index (χ2v) is 6.29. The number of carbonyl (C=O) groups is 2. The summed E-state index contributed by atoms with van der Waals surface area (Å²) < 4.78 is 11.1. The molecule has 0 saturated heterocycles. The van der Waals surface area contributed by atoms with Crippen molar-refractivity contribution >= 4 is 22.8 Å². The van der Waals surface area contributed by atoms with E-state index >= 15 is 0 Å². The number of carboxylic acid groups (broad SMARTS) is 1. The lowest BCUT2D eigenvalue weighted by molar-refractivity contribution is -0.307. The summed E-state index contributed by atoms with van der Waals surface area (Å²) in [6.45, 7) is 6.65. The number of benzene rings is 1. The molecule has 1 aromatic heterocycles. The van der Waals surface area contributed by atoms with Crippen molar-refractivity contribution in [1.29, 1.82) is 0 Å². The molecule has 26 heavy (non-hydrogen) atoms. The minimum absolute atomic E-state index is 0.395. The summed E-state index contributed by atoms with van der Waals surface area (Å²) in [5.74, 6) is -1.54. The molecule has 1 amide bonds. The van der Waals surface area contributed by atoms with Gasteiger partial charge in [-0.2, -0.15) is 0 Å². The van der Waals surface area contributed by atoms with Gasteiger partial charge in [0.05, 0.1) is 17.4 Å². The molecule has 0 saturated carbocycles. The van der Waals surface area contributed by atoms with Crippen molar-refractivity contribution in [2.24, 2.45) is 0 Å². The van der Waals surface area contributed by atoms with Crippen LogP contribution in [-0.4, -0.2) is 24.0 Å². The average molecular weight is 360 g/mol. The topological polar surface area (TPSA) is 109 Å². The Bertz CT molecular complexity index is 885. The summed E-state index contributed by atoms with van der Waals surface area (Å²) in [7, 11) is 0. The molecule has 0 aliphatic heterocycles. The third kappa shape index (κ3) is 4.41. The minimum Gasteiger partial charge on any atom is -0.548 e. The van der Waals surface area contributed by atoms with Crippen LogP contribution in [0.2, 0.25) is 0 Å². The van der Waals surface area contributed by atoms with E-state index in [-0.39, 0.29) is 0 Å². The molecule has 0 unspecified atom stereocenters. The maximum absolute atomic E-state index is 12.1. The fourth-order valence-corrected chi connectivity index (χ4v) is 2.66. The van der Waals surface area contributed by atoms with Crippen molar-refractivity contribution < 1.29 is 23.8 Å². The van der Waals surface area contributed by atoms with Crippen LogP contribution in [0.5, 0.6) is 5.75 Å². The van der Waals surface area contributed by atoms with Gasteiger partial charge in [0.1, 0.15) is 11.3 Å². The first-order chi connectivity index (χ1) is 12.2. The van der Waals surface area contributed by atoms with E-state index in [4.69, 9.17) is 9.15 Å². The van der Waals surface area contributed by atoms with Gasteiger partial charge in [-0.3, -0.25) is 4.79 Å². The second kappa shape index (κ2) is 8.03. The summed E-state index contributed by atoms with van der Waals surface area (Å²) >= 11 is 0. The number of aryl methyl sites for hydroxylation is 2. The monoisotopic (exact) mass is 360 g/mol. The Labute approximate surface area is 151 Å². The average Bonchev–Trinajstić information content (AvgIpc) is 2.53. The molecule has 1 aromatic carbocycles. The molecule has 0 aliphatic carbocycles. The largest absolute Gasteiger partial charge is 0.548 e. The van der Waals surface area contributed by atoms with Crippen LogP contribution in [0.15, 0.2) is 27.4 Å². The van der Waals surface area contributed by atoms with Gasteiger partial charge in [0.15, 0.2) is 6.10 Å². The molecule has 2 aromatic rings. The highest BCUT2D eigenvalue weighted by Gasteiger charge is 2.20. The molecule has 7 heteroatoms. The van der Waals surface area contributed by atoms with Gasteiger partial charge in [0.25, 0.3) is 5.91 Å². The first-order valence-corrected chi connectivity index (χ1v) is 8.48. The predicted molar refractivity (Wildman–Crippen MR) is 93.9 cm³/mol. The number of fused-ring (bicyclic) bond motifs is 1. The first kappa shape index (κ1) is 19.5. The molecule has 2 rings (SSSR count). The van der Waals surface area contributed by atoms with E-state index < -0.39 is 29.6 Å². The molecule has 140 valence electrons. The number of rotatable bonds is 7. The van der Waals surface area contributed by atoms with Crippen LogP contribution in [-0.2, 0) is 16.0 Å². The van der Waals surface area contributed by atoms with Crippen molar-refractivity contribution in [3.8, 4) is 5.75 Å². The SMILES string of the molecule is CCCc1cc(=O)oc2cc(C)cc(O[C@H](C)C(=O)N[C@@H](C)C(=O)[O-])c12. The molecule has 0 spiro atoms. The number of carboxylic acids is 1. The number of carbonyl (C=O) groups excluding carboxylic acids is 2. The number of nitrogens with one attached hydrogen (secondary N) is 1. The summed E-state index contributed by atoms with van der Waals surface area (Å²) in [6, 6.07) is 3.80. The minimum atomic E-state index is -1.38. The van der Waals surface area contributed by atoms with Crippen LogP contribution in [0, 0.1) is 6.92 Å². The van der Waals surface area contributed by atoms with Crippen molar-refractivity contribution in [1.82, 2.24) is 5.32 Å². The molecule has 1 N–H and O–H groups in total. The normalized spacial score (nSPS) is 13.2. The highest BCUT2D eigenvalue weighted by molar-refractivity contribution is 5.89. The van der Waals surface area contributed by atoms with Crippen LogP contribution < -0.4 is 20.8 Å². The fourth-order valence-electron chi connectivity index (χ4n) is 2.66. The molecule has 0 radical (unpaired) electrons. The van der Waals surface area contributed by atoms with Crippen LogP contribution >= 0.6 is 0 Å². The van der Waals surface area contributed by atoms with E-state index in [9.17, 15) is 19.5 Å². The maximum atomic E-state index is 12.1.